The molecule has 0 aliphatic carbocycles. The molecular weight excluding hydrogens is 266 g/mol. The number of ether oxygens (including phenoxy) is 2. The molecule has 0 amide bonds. The van der Waals surface area contributed by atoms with Gasteiger partial charge in [-0.25, -0.2) is 0 Å². The van der Waals surface area contributed by atoms with Crippen LogP contribution in [0.3, 0.4) is 0 Å². The number of nitrogens with zero attached hydrogens (tertiary/aromatic N) is 2. The van der Waals surface area contributed by atoms with Crippen molar-refractivity contribution in [2.45, 2.75) is 19.5 Å². The number of hydrogen-bond donors (Lipinski definition) is 1. The summed E-state index contributed by atoms with van der Waals surface area (Å²) in [6.45, 7) is 4.91. The first-order valence-electron chi connectivity index (χ1n) is 7.08. The maximum Gasteiger partial charge on any atom is 0.101 e. The van der Waals surface area contributed by atoms with Crippen LogP contribution in [0.2, 0.25) is 0 Å². The smallest absolute Gasteiger partial charge is 0.101 e. The molecule has 1 rings (SSSR count). The van der Waals surface area contributed by atoms with Gasteiger partial charge >= 0.3 is 0 Å². The summed E-state index contributed by atoms with van der Waals surface area (Å²) in [5.41, 5.74) is 2.72. The van der Waals surface area contributed by atoms with E-state index >= 15 is 0 Å². The van der Waals surface area contributed by atoms with Gasteiger partial charge in [-0.3, -0.25) is 0 Å². The zero-order chi connectivity index (χ0) is 15.7. The largest absolute Gasteiger partial charge is 0.383 e. The van der Waals surface area contributed by atoms with Gasteiger partial charge in [0.1, 0.15) is 6.07 Å². The van der Waals surface area contributed by atoms with Crippen molar-refractivity contribution in [1.82, 2.24) is 5.32 Å². The van der Waals surface area contributed by atoms with Crippen LogP contribution in [0.1, 0.15) is 18.1 Å². The molecule has 0 heterocycles. The number of anilines is 1. The molecule has 1 N–H and O–H groups in total. The summed E-state index contributed by atoms with van der Waals surface area (Å²) in [6.07, 6.45) is 0. The molecule has 0 saturated carbocycles. The highest BCUT2D eigenvalue weighted by Crippen LogP contribution is 2.22. The third-order valence-corrected chi connectivity index (χ3v) is 3.44. The predicted octanol–water partition coefficient (Wildman–Crippen LogP) is 1.77. The highest BCUT2D eigenvalue weighted by molar-refractivity contribution is 5.60. The second-order valence-corrected chi connectivity index (χ2v) is 5.05. The minimum Gasteiger partial charge on any atom is -0.383 e. The Balaban J connectivity index is 2.77. The molecule has 0 aliphatic heterocycles. The van der Waals surface area contributed by atoms with E-state index in [-0.39, 0.29) is 6.04 Å². The Kier molecular flexibility index (Phi) is 7.76. The van der Waals surface area contributed by atoms with E-state index in [2.05, 4.69) is 23.2 Å². The molecule has 0 spiro atoms. The highest BCUT2D eigenvalue weighted by atomic mass is 16.5. The number of nitriles is 1. The van der Waals surface area contributed by atoms with E-state index in [1.165, 1.54) is 0 Å². The van der Waals surface area contributed by atoms with Crippen molar-refractivity contribution < 1.29 is 9.47 Å². The molecule has 0 saturated heterocycles. The Labute approximate surface area is 127 Å². The quantitative estimate of drug-likeness (QED) is 0.703. The van der Waals surface area contributed by atoms with Gasteiger partial charge < -0.3 is 19.7 Å². The van der Waals surface area contributed by atoms with Crippen molar-refractivity contribution in [3.05, 3.63) is 29.3 Å². The van der Waals surface area contributed by atoms with Gasteiger partial charge in [-0.2, -0.15) is 5.26 Å². The van der Waals surface area contributed by atoms with E-state index in [9.17, 15) is 5.26 Å². The second kappa shape index (κ2) is 9.35. The molecule has 0 radical (unpaired) electrons. The average Bonchev–Trinajstić information content (AvgIpc) is 2.51. The van der Waals surface area contributed by atoms with Gasteiger partial charge in [0.25, 0.3) is 0 Å². The fourth-order valence-electron chi connectivity index (χ4n) is 2.09. The lowest BCUT2D eigenvalue weighted by atomic mass is 10.1. The molecule has 1 aromatic carbocycles. The van der Waals surface area contributed by atoms with Crippen LogP contribution in [0.5, 0.6) is 0 Å². The zero-order valence-corrected chi connectivity index (χ0v) is 13.3. The number of methoxy groups -OCH3 is 2. The molecule has 21 heavy (non-hydrogen) atoms. The fraction of sp³-hybridized carbons (Fsp3) is 0.562. The number of rotatable bonds is 9. The average molecular weight is 291 g/mol. The number of benzene rings is 1. The van der Waals surface area contributed by atoms with Crippen molar-refractivity contribution in [2.24, 2.45) is 0 Å². The summed E-state index contributed by atoms with van der Waals surface area (Å²) in [5.74, 6) is 0. The summed E-state index contributed by atoms with van der Waals surface area (Å²) >= 11 is 0. The van der Waals surface area contributed by atoms with Crippen LogP contribution in [0.25, 0.3) is 0 Å². The predicted molar refractivity (Wildman–Crippen MR) is 84.5 cm³/mol. The van der Waals surface area contributed by atoms with E-state index in [0.717, 1.165) is 24.3 Å². The Bertz CT molecular complexity index is 471. The van der Waals surface area contributed by atoms with Crippen molar-refractivity contribution >= 4 is 5.69 Å². The van der Waals surface area contributed by atoms with Crippen LogP contribution in [-0.2, 0) is 16.0 Å². The van der Waals surface area contributed by atoms with Gasteiger partial charge in [0.2, 0.25) is 0 Å². The van der Waals surface area contributed by atoms with E-state index in [1.807, 2.05) is 25.2 Å². The Hall–Kier alpha value is -1.61. The lowest BCUT2D eigenvalue weighted by Crippen LogP contribution is -2.33. The van der Waals surface area contributed by atoms with Crippen molar-refractivity contribution in [3.63, 3.8) is 0 Å². The van der Waals surface area contributed by atoms with Crippen LogP contribution >= 0.6 is 0 Å². The van der Waals surface area contributed by atoms with E-state index in [0.29, 0.717) is 18.8 Å². The number of likely N-dealkylation sites (N-methyl/N-ethyl adjacent to an activating group) is 1. The Morgan fingerprint density at radius 2 is 2.10 bits per heavy atom. The summed E-state index contributed by atoms with van der Waals surface area (Å²) < 4.78 is 10.2. The van der Waals surface area contributed by atoms with Gasteiger partial charge in [-0.1, -0.05) is 6.07 Å². The Morgan fingerprint density at radius 1 is 1.33 bits per heavy atom. The zero-order valence-electron chi connectivity index (χ0n) is 13.3. The molecule has 5 nitrogen and oxygen atoms in total. The molecule has 1 aromatic rings. The van der Waals surface area contributed by atoms with Crippen LogP contribution in [0.15, 0.2) is 18.2 Å². The first-order valence-corrected chi connectivity index (χ1v) is 7.08. The standard InChI is InChI=1S/C16H25N3O2/c1-13(12-21-4)19(2)16-6-5-14(9-15(16)10-17)11-18-7-8-20-3/h5-6,9,13,18H,7-8,11-12H2,1-4H3. The lowest BCUT2D eigenvalue weighted by Gasteiger charge is -2.27. The normalized spacial score (nSPS) is 12.0. The molecule has 0 aromatic heterocycles. The topological polar surface area (TPSA) is 57.5 Å². The van der Waals surface area contributed by atoms with E-state index in [1.54, 1.807) is 14.2 Å². The molecule has 0 aliphatic rings. The maximum absolute atomic E-state index is 9.36. The van der Waals surface area contributed by atoms with E-state index < -0.39 is 0 Å². The third-order valence-electron chi connectivity index (χ3n) is 3.44. The van der Waals surface area contributed by atoms with Crippen LogP contribution in [0.4, 0.5) is 5.69 Å². The van der Waals surface area contributed by atoms with Gasteiger partial charge in [-0.15, -0.1) is 0 Å². The third kappa shape index (κ3) is 5.35. The van der Waals surface area contributed by atoms with E-state index in [4.69, 9.17) is 9.47 Å². The lowest BCUT2D eigenvalue weighted by molar-refractivity contribution is 0.183. The van der Waals surface area contributed by atoms with Crippen molar-refractivity contribution in [1.29, 1.82) is 5.26 Å². The van der Waals surface area contributed by atoms with Crippen LogP contribution < -0.4 is 10.2 Å². The fourth-order valence-corrected chi connectivity index (χ4v) is 2.09. The molecule has 0 fully saturated rings. The van der Waals surface area contributed by atoms with Crippen LogP contribution in [0, 0.1) is 11.3 Å². The first-order chi connectivity index (χ1) is 10.1. The summed E-state index contributed by atoms with van der Waals surface area (Å²) in [6, 6.07) is 8.48. The van der Waals surface area contributed by atoms with Gasteiger partial charge in [-0.05, 0) is 24.6 Å². The highest BCUT2D eigenvalue weighted by Gasteiger charge is 2.14. The molecule has 0 bridgehead atoms. The molecule has 5 heteroatoms. The minimum atomic E-state index is 0.216. The van der Waals surface area contributed by atoms with Crippen molar-refractivity contribution in [2.75, 3.05) is 45.9 Å². The molecule has 1 atom stereocenters. The monoisotopic (exact) mass is 291 g/mol. The van der Waals surface area contributed by atoms with Gasteiger partial charge in [0.15, 0.2) is 0 Å². The second-order valence-electron chi connectivity index (χ2n) is 5.05. The number of hydrogen-bond acceptors (Lipinski definition) is 5. The summed E-state index contributed by atoms with van der Waals surface area (Å²) in [5, 5.41) is 12.6. The van der Waals surface area contributed by atoms with Gasteiger partial charge in [0, 0.05) is 40.4 Å². The Morgan fingerprint density at radius 3 is 2.71 bits per heavy atom. The minimum absolute atomic E-state index is 0.216. The molecule has 1 unspecified atom stereocenters. The maximum atomic E-state index is 9.36. The molecule has 116 valence electrons. The van der Waals surface area contributed by atoms with Gasteiger partial charge in [0.05, 0.1) is 24.5 Å². The van der Waals surface area contributed by atoms with Crippen molar-refractivity contribution in [3.8, 4) is 6.07 Å². The molecular formula is C16H25N3O2. The SMILES string of the molecule is COCCNCc1ccc(N(C)C(C)COC)c(C#N)c1. The first kappa shape index (κ1) is 17.4. The summed E-state index contributed by atoms with van der Waals surface area (Å²) in [7, 11) is 5.35. The van der Waals surface area contributed by atoms with Crippen LogP contribution in [-0.4, -0.2) is 47.1 Å². The number of nitrogens with one attached hydrogen (secondary N) is 1. The summed E-state index contributed by atoms with van der Waals surface area (Å²) in [4.78, 5) is 2.07.